The number of nitrogens with one attached hydrogen (secondary N) is 1. The molecule has 0 aliphatic carbocycles. The molecule has 0 saturated carbocycles. The zero-order valence-corrected chi connectivity index (χ0v) is 16.8. The van der Waals surface area contributed by atoms with Gasteiger partial charge in [-0.05, 0) is 42.8 Å². The van der Waals surface area contributed by atoms with Crippen molar-refractivity contribution in [1.82, 2.24) is 5.32 Å². The van der Waals surface area contributed by atoms with E-state index in [-0.39, 0.29) is 12.4 Å². The van der Waals surface area contributed by atoms with Crippen LogP contribution in [0.1, 0.15) is 16.7 Å². The minimum Gasteiger partial charge on any atom is -0.493 e. The Hall–Kier alpha value is -3.05. The Bertz CT molecular complexity index is 930. The zero-order chi connectivity index (χ0) is 20.5. The molecule has 4 nitrogen and oxygen atoms in total. The minimum absolute atomic E-state index is 0.204. The molecular weight excluding hydrogens is 369 g/mol. The van der Waals surface area contributed by atoms with Gasteiger partial charge in [-0.25, -0.2) is 4.39 Å². The molecule has 3 aromatic rings. The molecule has 3 aromatic carbocycles. The summed E-state index contributed by atoms with van der Waals surface area (Å²) in [6.07, 6.45) is 0.860. The molecule has 0 heterocycles. The summed E-state index contributed by atoms with van der Waals surface area (Å²) in [6.45, 7) is 1.67. The normalized spacial score (nSPS) is 10.6. The predicted octanol–water partition coefficient (Wildman–Crippen LogP) is 4.75. The van der Waals surface area contributed by atoms with E-state index in [1.807, 2.05) is 48.5 Å². The van der Waals surface area contributed by atoms with Crippen molar-refractivity contribution in [3.8, 4) is 17.2 Å². The van der Waals surface area contributed by atoms with Gasteiger partial charge in [0.25, 0.3) is 0 Å². The predicted molar refractivity (Wildman–Crippen MR) is 112 cm³/mol. The first-order valence-electron chi connectivity index (χ1n) is 9.57. The van der Waals surface area contributed by atoms with Gasteiger partial charge in [-0.2, -0.15) is 0 Å². The van der Waals surface area contributed by atoms with Crippen LogP contribution in [0.3, 0.4) is 0 Å². The van der Waals surface area contributed by atoms with Crippen molar-refractivity contribution in [3.63, 3.8) is 0 Å². The smallest absolute Gasteiger partial charge is 0.160 e. The van der Waals surface area contributed by atoms with Gasteiger partial charge in [0.05, 0.1) is 14.2 Å². The summed E-state index contributed by atoms with van der Waals surface area (Å²) < 4.78 is 30.3. The number of hydrogen-bond donors (Lipinski definition) is 1. The highest BCUT2D eigenvalue weighted by Crippen LogP contribution is 2.27. The van der Waals surface area contributed by atoms with E-state index in [1.54, 1.807) is 26.4 Å². The molecule has 0 aliphatic heterocycles. The maximum atomic E-state index is 13.8. The van der Waals surface area contributed by atoms with Crippen LogP contribution in [0.2, 0.25) is 0 Å². The fourth-order valence-corrected chi connectivity index (χ4v) is 3.05. The number of ether oxygens (including phenoxy) is 3. The van der Waals surface area contributed by atoms with Crippen molar-refractivity contribution in [2.24, 2.45) is 0 Å². The van der Waals surface area contributed by atoms with Gasteiger partial charge in [-0.3, -0.25) is 0 Å². The first-order valence-corrected chi connectivity index (χ1v) is 9.57. The Balaban J connectivity index is 1.53. The summed E-state index contributed by atoms with van der Waals surface area (Å²) in [5.74, 6) is 1.97. The van der Waals surface area contributed by atoms with Crippen LogP contribution in [0.15, 0.2) is 66.7 Å². The first kappa shape index (κ1) is 20.7. The third kappa shape index (κ3) is 5.72. The highest BCUT2D eigenvalue weighted by atomic mass is 19.1. The van der Waals surface area contributed by atoms with Gasteiger partial charge in [-0.1, -0.05) is 42.5 Å². The quantitative estimate of drug-likeness (QED) is 0.503. The van der Waals surface area contributed by atoms with Crippen LogP contribution in [0, 0.1) is 5.82 Å². The van der Waals surface area contributed by atoms with Gasteiger partial charge in [0, 0.05) is 17.7 Å². The Morgan fingerprint density at radius 2 is 1.52 bits per heavy atom. The van der Waals surface area contributed by atoms with E-state index in [9.17, 15) is 4.39 Å². The molecule has 0 bridgehead atoms. The molecule has 0 saturated heterocycles. The van der Waals surface area contributed by atoms with Gasteiger partial charge in [0.2, 0.25) is 0 Å². The summed E-state index contributed by atoms with van der Waals surface area (Å²) in [4.78, 5) is 0. The molecule has 0 amide bonds. The molecule has 0 atom stereocenters. The highest BCUT2D eigenvalue weighted by molar-refractivity contribution is 5.43. The summed E-state index contributed by atoms with van der Waals surface area (Å²) in [5, 5.41) is 3.44. The SMILES string of the molecule is COc1ccc(CCNCc2ccccc2OCc2ccccc2F)cc1OC. The Labute approximate surface area is 171 Å². The fraction of sp³-hybridized carbons (Fsp3) is 0.250. The van der Waals surface area contributed by atoms with Crippen LogP contribution in [0.25, 0.3) is 0 Å². The van der Waals surface area contributed by atoms with Crippen molar-refractivity contribution >= 4 is 0 Å². The van der Waals surface area contributed by atoms with E-state index < -0.39 is 0 Å². The van der Waals surface area contributed by atoms with Crippen molar-refractivity contribution in [1.29, 1.82) is 0 Å². The molecule has 0 spiro atoms. The monoisotopic (exact) mass is 395 g/mol. The maximum Gasteiger partial charge on any atom is 0.160 e. The van der Waals surface area contributed by atoms with Crippen LogP contribution >= 0.6 is 0 Å². The third-order valence-corrected chi connectivity index (χ3v) is 4.67. The third-order valence-electron chi connectivity index (χ3n) is 4.67. The minimum atomic E-state index is -0.252. The zero-order valence-electron chi connectivity index (χ0n) is 16.8. The molecule has 152 valence electrons. The first-order chi connectivity index (χ1) is 14.2. The summed E-state index contributed by atoms with van der Waals surface area (Å²) in [5.41, 5.74) is 2.75. The second-order valence-electron chi connectivity index (χ2n) is 6.60. The molecule has 29 heavy (non-hydrogen) atoms. The average Bonchev–Trinajstić information content (AvgIpc) is 2.76. The second kappa shape index (κ2) is 10.5. The molecule has 0 aliphatic rings. The molecule has 5 heteroatoms. The van der Waals surface area contributed by atoms with E-state index in [0.717, 1.165) is 35.8 Å². The molecule has 0 unspecified atom stereocenters. The van der Waals surface area contributed by atoms with E-state index in [0.29, 0.717) is 12.1 Å². The van der Waals surface area contributed by atoms with Gasteiger partial charge in [0.15, 0.2) is 11.5 Å². The number of para-hydroxylation sites is 1. The van der Waals surface area contributed by atoms with Gasteiger partial charge >= 0.3 is 0 Å². The molecule has 0 radical (unpaired) electrons. The van der Waals surface area contributed by atoms with Gasteiger partial charge in [-0.15, -0.1) is 0 Å². The highest BCUT2D eigenvalue weighted by Gasteiger charge is 2.07. The van der Waals surface area contributed by atoms with Crippen LogP contribution in [0.4, 0.5) is 4.39 Å². The van der Waals surface area contributed by atoms with Gasteiger partial charge in [0.1, 0.15) is 18.2 Å². The lowest BCUT2D eigenvalue weighted by Crippen LogP contribution is -2.17. The summed E-state index contributed by atoms with van der Waals surface area (Å²) >= 11 is 0. The number of benzene rings is 3. The molecule has 1 N–H and O–H groups in total. The van der Waals surface area contributed by atoms with Crippen LogP contribution in [-0.2, 0) is 19.6 Å². The van der Waals surface area contributed by atoms with Crippen LogP contribution < -0.4 is 19.5 Å². The Morgan fingerprint density at radius 3 is 2.28 bits per heavy atom. The van der Waals surface area contributed by atoms with Crippen molar-refractivity contribution in [2.45, 2.75) is 19.6 Å². The Morgan fingerprint density at radius 1 is 0.793 bits per heavy atom. The van der Waals surface area contributed by atoms with Crippen molar-refractivity contribution in [2.75, 3.05) is 20.8 Å². The maximum absolute atomic E-state index is 13.8. The molecule has 0 fully saturated rings. The Kier molecular flexibility index (Phi) is 7.47. The molecular formula is C24H26FNO3. The van der Waals surface area contributed by atoms with Crippen LogP contribution in [-0.4, -0.2) is 20.8 Å². The van der Waals surface area contributed by atoms with Gasteiger partial charge < -0.3 is 19.5 Å². The van der Waals surface area contributed by atoms with E-state index >= 15 is 0 Å². The molecule has 3 rings (SSSR count). The van der Waals surface area contributed by atoms with E-state index in [2.05, 4.69) is 5.32 Å². The summed E-state index contributed by atoms with van der Waals surface area (Å²) in [6, 6.07) is 20.4. The number of methoxy groups -OCH3 is 2. The van der Waals surface area contributed by atoms with E-state index in [4.69, 9.17) is 14.2 Å². The fourth-order valence-electron chi connectivity index (χ4n) is 3.05. The van der Waals surface area contributed by atoms with Crippen molar-refractivity contribution < 1.29 is 18.6 Å². The standard InChI is InChI=1S/C24H26FNO3/c1-27-23-12-11-18(15-24(23)28-2)13-14-26-16-19-7-4-6-10-22(19)29-17-20-8-3-5-9-21(20)25/h3-12,15,26H,13-14,16-17H2,1-2H3. The van der Waals surface area contributed by atoms with Crippen molar-refractivity contribution in [3.05, 3.63) is 89.2 Å². The lowest BCUT2D eigenvalue weighted by atomic mass is 10.1. The largest absolute Gasteiger partial charge is 0.493 e. The molecule has 0 aromatic heterocycles. The number of hydrogen-bond acceptors (Lipinski definition) is 4. The lowest BCUT2D eigenvalue weighted by molar-refractivity contribution is 0.296. The topological polar surface area (TPSA) is 39.7 Å². The second-order valence-corrected chi connectivity index (χ2v) is 6.60. The van der Waals surface area contributed by atoms with E-state index in [1.165, 1.54) is 11.6 Å². The lowest BCUT2D eigenvalue weighted by Gasteiger charge is -2.13. The number of rotatable bonds is 10. The summed E-state index contributed by atoms with van der Waals surface area (Å²) in [7, 11) is 3.27. The average molecular weight is 395 g/mol. The van der Waals surface area contributed by atoms with Crippen LogP contribution in [0.5, 0.6) is 17.2 Å². The number of halogens is 1.